The maximum atomic E-state index is 12.2. The predicted octanol–water partition coefficient (Wildman–Crippen LogP) is 2.58. The first-order chi connectivity index (χ1) is 12.0. The van der Waals surface area contributed by atoms with E-state index in [4.69, 9.17) is 0 Å². The van der Waals surface area contributed by atoms with E-state index < -0.39 is 11.2 Å². The zero-order chi connectivity index (χ0) is 18.4. The van der Waals surface area contributed by atoms with E-state index in [1.165, 1.54) is 4.57 Å². The molecule has 3 N–H and O–H groups in total. The zero-order valence-electron chi connectivity index (χ0n) is 14.8. The Morgan fingerprint density at radius 3 is 2.64 bits per heavy atom. The van der Waals surface area contributed by atoms with Crippen molar-refractivity contribution in [3.8, 4) is 5.88 Å². The number of hydrogen-bond acceptors (Lipinski definition) is 5. The van der Waals surface area contributed by atoms with E-state index in [0.717, 1.165) is 24.1 Å². The van der Waals surface area contributed by atoms with Crippen LogP contribution in [0.5, 0.6) is 5.88 Å². The molecule has 0 aliphatic heterocycles. The Hall–Kier alpha value is -2.83. The summed E-state index contributed by atoms with van der Waals surface area (Å²) in [5, 5.41) is 14.8. The lowest BCUT2D eigenvalue weighted by molar-refractivity contribution is 0.394. The quantitative estimate of drug-likeness (QED) is 0.531. The number of H-pyrrole nitrogens is 1. The van der Waals surface area contributed by atoms with Crippen molar-refractivity contribution in [3.05, 3.63) is 56.2 Å². The van der Waals surface area contributed by atoms with Crippen LogP contribution in [0.4, 0.5) is 5.69 Å². The van der Waals surface area contributed by atoms with Gasteiger partial charge in [-0.3, -0.25) is 19.8 Å². The number of aromatic hydroxyl groups is 1. The molecular weight excluding hydrogens is 320 g/mol. The number of nitrogens with one attached hydrogen (secondary N) is 2. The Kier molecular flexibility index (Phi) is 6.16. The van der Waals surface area contributed by atoms with Gasteiger partial charge in [-0.25, -0.2) is 4.79 Å². The zero-order valence-corrected chi connectivity index (χ0v) is 14.8. The lowest BCUT2D eigenvalue weighted by Crippen LogP contribution is -2.34. The highest BCUT2D eigenvalue weighted by Crippen LogP contribution is 2.16. The Morgan fingerprint density at radius 1 is 1.28 bits per heavy atom. The fourth-order valence-corrected chi connectivity index (χ4v) is 2.48. The molecule has 134 valence electrons. The number of hydrazone groups is 1. The summed E-state index contributed by atoms with van der Waals surface area (Å²) in [4.78, 5) is 26.4. The number of rotatable bonds is 7. The minimum atomic E-state index is -0.637. The third-order valence-electron chi connectivity index (χ3n) is 3.99. The number of nitrogens with zero attached hydrogens (tertiary/aromatic N) is 2. The fraction of sp³-hybridized carbons (Fsp3) is 0.389. The Labute approximate surface area is 146 Å². The third kappa shape index (κ3) is 4.17. The minimum absolute atomic E-state index is 0.0271. The molecule has 0 bridgehead atoms. The first kappa shape index (κ1) is 18.5. The van der Waals surface area contributed by atoms with Gasteiger partial charge in [0, 0.05) is 6.54 Å². The monoisotopic (exact) mass is 344 g/mol. The van der Waals surface area contributed by atoms with E-state index in [1.807, 2.05) is 45.0 Å². The molecule has 0 saturated carbocycles. The predicted molar refractivity (Wildman–Crippen MR) is 99.5 cm³/mol. The third-order valence-corrected chi connectivity index (χ3v) is 3.99. The Bertz CT molecular complexity index is 881. The van der Waals surface area contributed by atoms with Crippen LogP contribution in [0.15, 0.2) is 39.0 Å². The van der Waals surface area contributed by atoms with Gasteiger partial charge in [-0.2, -0.15) is 5.10 Å². The van der Waals surface area contributed by atoms with Crippen LogP contribution in [0.25, 0.3) is 0 Å². The molecule has 7 heteroatoms. The number of hydrogen-bond donors (Lipinski definition) is 3. The second-order valence-electron chi connectivity index (χ2n) is 5.80. The van der Waals surface area contributed by atoms with Gasteiger partial charge in [0.25, 0.3) is 5.56 Å². The summed E-state index contributed by atoms with van der Waals surface area (Å²) in [5.74, 6) is -0.339. The molecule has 0 aliphatic rings. The van der Waals surface area contributed by atoms with Gasteiger partial charge in [0.2, 0.25) is 5.88 Å². The first-order valence-electron chi connectivity index (χ1n) is 8.44. The van der Waals surface area contributed by atoms with Gasteiger partial charge >= 0.3 is 5.69 Å². The number of aryl methyl sites for hydroxylation is 1. The maximum absolute atomic E-state index is 12.2. The van der Waals surface area contributed by atoms with E-state index in [9.17, 15) is 14.7 Å². The minimum Gasteiger partial charge on any atom is -0.494 e. The van der Waals surface area contributed by atoms with Crippen LogP contribution in [0.3, 0.4) is 0 Å². The molecule has 0 amide bonds. The van der Waals surface area contributed by atoms with Crippen LogP contribution in [0.1, 0.15) is 44.2 Å². The number of unbranched alkanes of at least 4 members (excludes halogenated alkanes) is 1. The maximum Gasteiger partial charge on any atom is 0.331 e. The number of aromatic amines is 1. The summed E-state index contributed by atoms with van der Waals surface area (Å²) < 4.78 is 1.18. The van der Waals surface area contributed by atoms with Gasteiger partial charge in [-0.1, -0.05) is 38.5 Å². The van der Waals surface area contributed by atoms with E-state index in [1.54, 1.807) is 0 Å². The van der Waals surface area contributed by atoms with Crippen LogP contribution < -0.4 is 16.7 Å². The normalized spacial score (nSPS) is 11.6. The van der Waals surface area contributed by atoms with Crippen molar-refractivity contribution in [1.82, 2.24) is 9.55 Å². The van der Waals surface area contributed by atoms with Crippen molar-refractivity contribution < 1.29 is 5.11 Å². The number of aromatic nitrogens is 2. The summed E-state index contributed by atoms with van der Waals surface area (Å²) >= 11 is 0. The largest absolute Gasteiger partial charge is 0.494 e. The van der Waals surface area contributed by atoms with Crippen LogP contribution in [-0.4, -0.2) is 20.4 Å². The average molecular weight is 344 g/mol. The van der Waals surface area contributed by atoms with Gasteiger partial charge in [-0.15, -0.1) is 0 Å². The van der Waals surface area contributed by atoms with E-state index in [0.29, 0.717) is 18.7 Å². The van der Waals surface area contributed by atoms with Gasteiger partial charge < -0.3 is 5.11 Å². The van der Waals surface area contributed by atoms with Gasteiger partial charge in [0.15, 0.2) is 0 Å². The molecule has 1 heterocycles. The number of benzene rings is 1. The molecule has 0 atom stereocenters. The highest BCUT2D eigenvalue weighted by molar-refractivity contribution is 6.02. The number of anilines is 1. The standard InChI is InChI=1S/C18H24N4O3/c1-4-6-11-22-17(24)15(16(23)19-18(22)25)13(5-2)20-21-14-10-8-7-9-12(14)3/h7-10,21,24H,4-6,11H2,1-3H3,(H,19,23,25). The summed E-state index contributed by atoms with van der Waals surface area (Å²) in [6.45, 7) is 6.10. The summed E-state index contributed by atoms with van der Waals surface area (Å²) in [7, 11) is 0. The van der Waals surface area contributed by atoms with Gasteiger partial charge in [0.05, 0.1) is 11.4 Å². The molecule has 2 aromatic rings. The highest BCUT2D eigenvalue weighted by atomic mass is 16.3. The summed E-state index contributed by atoms with van der Waals surface area (Å²) in [5.41, 5.74) is 3.91. The van der Waals surface area contributed by atoms with Crippen molar-refractivity contribution >= 4 is 11.4 Å². The van der Waals surface area contributed by atoms with Crippen LogP contribution >= 0.6 is 0 Å². The smallest absolute Gasteiger partial charge is 0.331 e. The van der Waals surface area contributed by atoms with Crippen molar-refractivity contribution in [2.75, 3.05) is 5.43 Å². The average Bonchev–Trinajstić information content (AvgIpc) is 2.58. The molecule has 0 radical (unpaired) electrons. The molecule has 0 fully saturated rings. The molecular formula is C18H24N4O3. The molecule has 1 aromatic heterocycles. The van der Waals surface area contributed by atoms with Crippen molar-refractivity contribution in [2.45, 2.75) is 46.6 Å². The molecule has 0 unspecified atom stereocenters. The van der Waals surface area contributed by atoms with Crippen molar-refractivity contribution in [2.24, 2.45) is 5.10 Å². The topological polar surface area (TPSA) is 99.5 Å². The van der Waals surface area contributed by atoms with Crippen LogP contribution in [0, 0.1) is 6.92 Å². The van der Waals surface area contributed by atoms with Gasteiger partial charge in [-0.05, 0) is 31.4 Å². The molecule has 0 saturated heterocycles. The lowest BCUT2D eigenvalue weighted by Gasteiger charge is -2.12. The SMILES string of the molecule is CCCCn1c(O)c(C(CC)=NNc2ccccc2C)c(=O)[nH]c1=O. The second-order valence-corrected chi connectivity index (χ2v) is 5.80. The molecule has 7 nitrogen and oxygen atoms in total. The summed E-state index contributed by atoms with van der Waals surface area (Å²) in [6.07, 6.45) is 2.00. The molecule has 0 aliphatic carbocycles. The second kappa shape index (κ2) is 8.32. The van der Waals surface area contributed by atoms with Crippen molar-refractivity contribution in [1.29, 1.82) is 0 Å². The summed E-state index contributed by atoms with van der Waals surface area (Å²) in [6, 6.07) is 7.62. The van der Waals surface area contributed by atoms with Crippen LogP contribution in [0.2, 0.25) is 0 Å². The van der Waals surface area contributed by atoms with E-state index >= 15 is 0 Å². The van der Waals surface area contributed by atoms with E-state index in [2.05, 4.69) is 15.5 Å². The molecule has 2 rings (SSSR count). The Balaban J connectivity index is 2.46. The Morgan fingerprint density at radius 2 is 2.00 bits per heavy atom. The fourth-order valence-electron chi connectivity index (χ4n) is 2.48. The highest BCUT2D eigenvalue weighted by Gasteiger charge is 2.18. The molecule has 25 heavy (non-hydrogen) atoms. The number of para-hydroxylation sites is 1. The lowest BCUT2D eigenvalue weighted by atomic mass is 10.1. The van der Waals surface area contributed by atoms with E-state index in [-0.39, 0.29) is 11.4 Å². The molecule has 1 aromatic carbocycles. The first-order valence-corrected chi connectivity index (χ1v) is 8.44. The molecule has 0 spiro atoms. The van der Waals surface area contributed by atoms with Gasteiger partial charge in [0.1, 0.15) is 5.56 Å². The van der Waals surface area contributed by atoms with Crippen molar-refractivity contribution in [3.63, 3.8) is 0 Å². The van der Waals surface area contributed by atoms with Crippen LogP contribution in [-0.2, 0) is 6.54 Å².